The Bertz CT molecular complexity index is 786. The molecular formula is C21H29N3O3S. The van der Waals surface area contributed by atoms with E-state index in [1.807, 2.05) is 15.2 Å². The molecule has 1 unspecified atom stereocenters. The number of thiophene rings is 1. The van der Waals surface area contributed by atoms with Crippen LogP contribution in [-0.4, -0.2) is 59.6 Å². The van der Waals surface area contributed by atoms with E-state index in [2.05, 4.69) is 19.0 Å². The number of aryl methyl sites for hydroxylation is 1. The number of oxime groups is 1. The lowest BCUT2D eigenvalue weighted by Gasteiger charge is -2.24. The van der Waals surface area contributed by atoms with Crippen molar-refractivity contribution in [2.75, 3.05) is 26.2 Å². The maximum atomic E-state index is 13.1. The molecule has 1 saturated heterocycles. The first kappa shape index (κ1) is 19.4. The van der Waals surface area contributed by atoms with Gasteiger partial charge in [-0.05, 0) is 43.6 Å². The molecule has 3 heterocycles. The molecule has 0 aromatic carbocycles. The Kier molecular flexibility index (Phi) is 5.71. The van der Waals surface area contributed by atoms with Gasteiger partial charge in [-0.15, -0.1) is 11.3 Å². The lowest BCUT2D eigenvalue weighted by Crippen LogP contribution is -2.42. The molecule has 1 aromatic rings. The number of carbonyl (C=O) groups excluding carboxylic acids is 2. The van der Waals surface area contributed by atoms with Gasteiger partial charge in [0.2, 0.25) is 6.10 Å². The summed E-state index contributed by atoms with van der Waals surface area (Å²) in [6.45, 7) is 6.64. The molecular weight excluding hydrogens is 374 g/mol. The molecule has 6 nitrogen and oxygen atoms in total. The molecule has 3 aliphatic rings. The average Bonchev–Trinajstić information content (AvgIpc) is 3.28. The highest BCUT2D eigenvalue weighted by Gasteiger charge is 2.34. The Morgan fingerprint density at radius 3 is 2.64 bits per heavy atom. The molecule has 28 heavy (non-hydrogen) atoms. The molecule has 2 aliphatic heterocycles. The highest BCUT2D eigenvalue weighted by atomic mass is 32.1. The van der Waals surface area contributed by atoms with Crippen LogP contribution in [-0.2, 0) is 22.5 Å². The van der Waals surface area contributed by atoms with E-state index in [1.165, 1.54) is 23.3 Å². The SMILES string of the molecule is CC(C)C1=NOC(C(=O)N2CCCN(C(=O)c3csc4c3CCCC4)CC2)C1. The second kappa shape index (κ2) is 8.23. The summed E-state index contributed by atoms with van der Waals surface area (Å²) < 4.78 is 0. The van der Waals surface area contributed by atoms with Crippen molar-refractivity contribution in [3.05, 3.63) is 21.4 Å². The smallest absolute Gasteiger partial charge is 0.266 e. The first-order valence-corrected chi connectivity index (χ1v) is 11.3. The molecule has 1 fully saturated rings. The molecule has 1 atom stereocenters. The molecule has 152 valence electrons. The summed E-state index contributed by atoms with van der Waals surface area (Å²) in [6, 6.07) is 0. The van der Waals surface area contributed by atoms with E-state index < -0.39 is 6.10 Å². The maximum Gasteiger partial charge on any atom is 0.266 e. The van der Waals surface area contributed by atoms with Crippen molar-refractivity contribution in [3.8, 4) is 0 Å². The number of carbonyl (C=O) groups is 2. The minimum atomic E-state index is -0.497. The second-order valence-corrected chi connectivity index (χ2v) is 9.23. The molecule has 4 rings (SSSR count). The zero-order valence-electron chi connectivity index (χ0n) is 16.8. The number of fused-ring (bicyclic) bond motifs is 1. The fourth-order valence-electron chi connectivity index (χ4n) is 4.26. The molecule has 1 aromatic heterocycles. The maximum absolute atomic E-state index is 13.1. The molecule has 0 bridgehead atoms. The minimum Gasteiger partial charge on any atom is -0.382 e. The summed E-state index contributed by atoms with van der Waals surface area (Å²) in [5.74, 6) is 0.435. The lowest BCUT2D eigenvalue weighted by atomic mass is 9.95. The van der Waals surface area contributed by atoms with Crippen molar-refractivity contribution in [2.24, 2.45) is 11.1 Å². The third-order valence-electron chi connectivity index (χ3n) is 6.02. The summed E-state index contributed by atoms with van der Waals surface area (Å²) in [6.07, 6.45) is 5.42. The van der Waals surface area contributed by atoms with Gasteiger partial charge in [0.25, 0.3) is 11.8 Å². The summed E-state index contributed by atoms with van der Waals surface area (Å²) >= 11 is 1.73. The Hall–Kier alpha value is -1.89. The topological polar surface area (TPSA) is 62.2 Å². The molecule has 1 aliphatic carbocycles. The van der Waals surface area contributed by atoms with Crippen LogP contribution in [0.1, 0.15) is 60.3 Å². The van der Waals surface area contributed by atoms with Crippen LogP contribution in [0.4, 0.5) is 0 Å². The van der Waals surface area contributed by atoms with Crippen molar-refractivity contribution in [2.45, 2.75) is 58.5 Å². The number of rotatable bonds is 3. The summed E-state index contributed by atoms with van der Waals surface area (Å²) in [4.78, 5) is 36.5. The number of amides is 2. The van der Waals surface area contributed by atoms with Crippen molar-refractivity contribution in [1.82, 2.24) is 9.80 Å². The standard InChI is InChI=1S/C21H29N3O3S/c1-14(2)17-12-18(27-22-17)21(26)24-9-5-8-23(10-11-24)20(25)16-13-28-19-7-4-3-6-15(16)19/h13-14,18H,3-12H2,1-2H3. The molecule has 0 N–H and O–H groups in total. The summed E-state index contributed by atoms with van der Waals surface area (Å²) in [7, 11) is 0. The molecule has 7 heteroatoms. The van der Waals surface area contributed by atoms with Gasteiger partial charge in [0.05, 0.1) is 11.3 Å². The summed E-state index contributed by atoms with van der Waals surface area (Å²) in [5, 5.41) is 6.12. The van der Waals surface area contributed by atoms with Crippen LogP contribution >= 0.6 is 11.3 Å². The predicted octanol–water partition coefficient (Wildman–Crippen LogP) is 3.10. The Labute approximate surface area is 170 Å². The van der Waals surface area contributed by atoms with Gasteiger partial charge in [-0.2, -0.15) is 0 Å². The minimum absolute atomic E-state index is 0.00149. The average molecular weight is 404 g/mol. The Balaban J connectivity index is 1.37. The largest absolute Gasteiger partial charge is 0.382 e. The monoisotopic (exact) mass is 403 g/mol. The fourth-order valence-corrected chi connectivity index (χ4v) is 5.38. The van der Waals surface area contributed by atoms with Gasteiger partial charge in [0, 0.05) is 42.9 Å². The molecule has 0 saturated carbocycles. The van der Waals surface area contributed by atoms with Crippen molar-refractivity contribution in [3.63, 3.8) is 0 Å². The van der Waals surface area contributed by atoms with E-state index in [1.54, 1.807) is 11.3 Å². The third kappa shape index (κ3) is 3.81. The number of hydrogen-bond acceptors (Lipinski definition) is 5. The van der Waals surface area contributed by atoms with Crippen LogP contribution < -0.4 is 0 Å². The third-order valence-corrected chi connectivity index (χ3v) is 7.11. The zero-order chi connectivity index (χ0) is 19.7. The van der Waals surface area contributed by atoms with E-state index in [4.69, 9.17) is 4.84 Å². The zero-order valence-corrected chi connectivity index (χ0v) is 17.6. The Morgan fingerprint density at radius 1 is 1.11 bits per heavy atom. The van der Waals surface area contributed by atoms with E-state index in [0.717, 1.165) is 30.5 Å². The van der Waals surface area contributed by atoms with E-state index >= 15 is 0 Å². The van der Waals surface area contributed by atoms with E-state index in [-0.39, 0.29) is 11.8 Å². The van der Waals surface area contributed by atoms with Crippen molar-refractivity contribution in [1.29, 1.82) is 0 Å². The normalized spacial score (nSPS) is 22.5. The second-order valence-electron chi connectivity index (χ2n) is 8.26. The number of nitrogens with zero attached hydrogens (tertiary/aromatic N) is 3. The van der Waals surface area contributed by atoms with Crippen molar-refractivity contribution >= 4 is 28.9 Å². The molecule has 2 amide bonds. The van der Waals surface area contributed by atoms with E-state index in [0.29, 0.717) is 38.5 Å². The van der Waals surface area contributed by atoms with Crippen LogP contribution in [0.5, 0.6) is 0 Å². The quantitative estimate of drug-likeness (QED) is 0.779. The molecule has 0 spiro atoms. The highest BCUT2D eigenvalue weighted by Crippen LogP contribution is 2.31. The van der Waals surface area contributed by atoms with Gasteiger partial charge >= 0.3 is 0 Å². The lowest BCUT2D eigenvalue weighted by molar-refractivity contribution is -0.141. The van der Waals surface area contributed by atoms with Crippen LogP contribution in [0, 0.1) is 5.92 Å². The van der Waals surface area contributed by atoms with Crippen LogP contribution in [0.2, 0.25) is 0 Å². The van der Waals surface area contributed by atoms with Gasteiger partial charge in [-0.3, -0.25) is 9.59 Å². The predicted molar refractivity (Wildman–Crippen MR) is 110 cm³/mol. The van der Waals surface area contributed by atoms with Crippen LogP contribution in [0.15, 0.2) is 10.5 Å². The first-order valence-electron chi connectivity index (χ1n) is 10.4. The molecule has 0 radical (unpaired) electrons. The Morgan fingerprint density at radius 2 is 1.86 bits per heavy atom. The highest BCUT2D eigenvalue weighted by molar-refractivity contribution is 7.10. The first-order chi connectivity index (χ1) is 13.5. The number of hydrogen-bond donors (Lipinski definition) is 0. The van der Waals surface area contributed by atoms with Gasteiger partial charge in [0.1, 0.15) is 0 Å². The van der Waals surface area contributed by atoms with Gasteiger partial charge in [-0.25, -0.2) is 0 Å². The van der Waals surface area contributed by atoms with Crippen LogP contribution in [0.25, 0.3) is 0 Å². The van der Waals surface area contributed by atoms with Gasteiger partial charge in [-0.1, -0.05) is 19.0 Å². The summed E-state index contributed by atoms with van der Waals surface area (Å²) in [5.41, 5.74) is 3.12. The van der Waals surface area contributed by atoms with Gasteiger partial charge in [0.15, 0.2) is 0 Å². The fraction of sp³-hybridized carbons (Fsp3) is 0.667. The van der Waals surface area contributed by atoms with Gasteiger partial charge < -0.3 is 14.6 Å². The van der Waals surface area contributed by atoms with E-state index in [9.17, 15) is 9.59 Å². The van der Waals surface area contributed by atoms with Crippen molar-refractivity contribution < 1.29 is 14.4 Å². The van der Waals surface area contributed by atoms with Crippen LogP contribution in [0.3, 0.4) is 0 Å².